The lowest BCUT2D eigenvalue weighted by molar-refractivity contribution is 0.190. The van der Waals surface area contributed by atoms with Crippen molar-refractivity contribution in [1.82, 2.24) is 15.3 Å². The highest BCUT2D eigenvalue weighted by molar-refractivity contribution is 6.31. The van der Waals surface area contributed by atoms with Gasteiger partial charge in [-0.25, -0.2) is 14.8 Å². The Morgan fingerprint density at radius 3 is 2.03 bits per heavy atom. The molecule has 5 nitrogen and oxygen atoms in total. The van der Waals surface area contributed by atoms with Crippen LogP contribution < -0.4 is 10.1 Å². The van der Waals surface area contributed by atoms with E-state index < -0.39 is 6.09 Å². The van der Waals surface area contributed by atoms with Crippen molar-refractivity contribution in [3.8, 4) is 28.4 Å². The molecule has 0 bridgehead atoms. The molecule has 0 aliphatic heterocycles. The highest BCUT2D eigenvalue weighted by Crippen LogP contribution is 2.31. The Hall–Kier alpha value is -2.63. The van der Waals surface area contributed by atoms with Gasteiger partial charge in [0, 0.05) is 27.2 Å². The largest absolute Gasteiger partial charge is 0.414 e. The first-order chi connectivity index (χ1) is 14.6. The van der Waals surface area contributed by atoms with E-state index in [9.17, 15) is 4.79 Å². The van der Waals surface area contributed by atoms with Crippen LogP contribution in [0.2, 0.25) is 10.0 Å². The molecule has 0 spiro atoms. The van der Waals surface area contributed by atoms with Crippen LogP contribution in [-0.2, 0) is 0 Å². The minimum absolute atomic E-state index is 0.144. The fourth-order valence-corrected chi connectivity index (χ4v) is 3.84. The van der Waals surface area contributed by atoms with Gasteiger partial charge in [-0.15, -0.1) is 0 Å². The molecular weight excluding hydrogens is 421 g/mol. The molecule has 3 aromatic rings. The van der Waals surface area contributed by atoms with E-state index in [-0.39, 0.29) is 11.9 Å². The second-order valence-electron chi connectivity index (χ2n) is 7.29. The third-order valence-electron chi connectivity index (χ3n) is 5.11. The van der Waals surface area contributed by atoms with Crippen LogP contribution in [0.15, 0.2) is 54.7 Å². The zero-order valence-electron chi connectivity index (χ0n) is 16.3. The number of amides is 1. The van der Waals surface area contributed by atoms with Gasteiger partial charge >= 0.3 is 6.09 Å². The fourth-order valence-electron chi connectivity index (χ4n) is 3.59. The van der Waals surface area contributed by atoms with Crippen molar-refractivity contribution in [3.05, 3.63) is 64.8 Å². The Balaban J connectivity index is 1.62. The lowest BCUT2D eigenvalue weighted by Gasteiger charge is -2.22. The lowest BCUT2D eigenvalue weighted by atomic mass is 9.96. The molecule has 0 unspecified atom stereocenters. The summed E-state index contributed by atoms with van der Waals surface area (Å²) in [5, 5.41) is 4.19. The van der Waals surface area contributed by atoms with Crippen LogP contribution in [0.3, 0.4) is 0 Å². The van der Waals surface area contributed by atoms with Gasteiger partial charge in [-0.05, 0) is 37.1 Å². The Morgan fingerprint density at radius 1 is 0.867 bits per heavy atom. The topological polar surface area (TPSA) is 64.1 Å². The summed E-state index contributed by atoms with van der Waals surface area (Å²) in [5.74, 6) is 0.144. The first-order valence-corrected chi connectivity index (χ1v) is 10.7. The zero-order valence-corrected chi connectivity index (χ0v) is 17.8. The quantitative estimate of drug-likeness (QED) is 0.499. The third-order valence-corrected chi connectivity index (χ3v) is 5.61. The summed E-state index contributed by atoms with van der Waals surface area (Å²) in [6, 6.07) is 14.8. The molecule has 30 heavy (non-hydrogen) atoms. The third kappa shape index (κ3) is 5.10. The number of carbonyl (C=O) groups is 1. The smallest absolute Gasteiger partial charge is 0.390 e. The van der Waals surface area contributed by atoms with Gasteiger partial charge in [-0.3, -0.25) is 0 Å². The van der Waals surface area contributed by atoms with Crippen molar-refractivity contribution in [3.63, 3.8) is 0 Å². The number of benzene rings is 2. The van der Waals surface area contributed by atoms with Crippen molar-refractivity contribution in [2.75, 3.05) is 0 Å². The summed E-state index contributed by atoms with van der Waals surface area (Å²) in [6.07, 6.45) is 6.39. The molecule has 1 heterocycles. The van der Waals surface area contributed by atoms with Gasteiger partial charge in [0.15, 0.2) is 0 Å². The number of aromatic nitrogens is 2. The second-order valence-corrected chi connectivity index (χ2v) is 8.16. The van der Waals surface area contributed by atoms with Gasteiger partial charge < -0.3 is 10.1 Å². The predicted octanol–water partition coefficient (Wildman–Crippen LogP) is 6.54. The number of rotatable bonds is 4. The molecule has 1 aromatic heterocycles. The van der Waals surface area contributed by atoms with Gasteiger partial charge in [0.1, 0.15) is 5.69 Å². The second kappa shape index (κ2) is 9.45. The SMILES string of the molecule is O=C(NC1CCCCC1)Oc1cnc(-c2ccc(Cl)cc2)c(-c2ccc(Cl)cc2)n1. The molecule has 1 aliphatic rings. The Bertz CT molecular complexity index is 1020. The zero-order chi connectivity index (χ0) is 20.9. The molecular formula is C23H21Cl2N3O2. The molecule has 154 valence electrons. The Morgan fingerprint density at radius 2 is 1.43 bits per heavy atom. The predicted molar refractivity (Wildman–Crippen MR) is 119 cm³/mol. The van der Waals surface area contributed by atoms with Crippen molar-refractivity contribution in [1.29, 1.82) is 0 Å². The molecule has 2 aromatic carbocycles. The highest BCUT2D eigenvalue weighted by atomic mass is 35.5. The van der Waals surface area contributed by atoms with E-state index in [0.717, 1.165) is 36.8 Å². The summed E-state index contributed by atoms with van der Waals surface area (Å²) >= 11 is 12.1. The van der Waals surface area contributed by atoms with Crippen LogP contribution in [0.1, 0.15) is 32.1 Å². The molecule has 0 radical (unpaired) electrons. The summed E-state index contributed by atoms with van der Waals surface area (Å²) in [6.45, 7) is 0. The van der Waals surface area contributed by atoms with Crippen LogP contribution in [0, 0.1) is 0 Å². The molecule has 0 saturated heterocycles. The van der Waals surface area contributed by atoms with E-state index in [2.05, 4.69) is 15.3 Å². The van der Waals surface area contributed by atoms with E-state index in [4.69, 9.17) is 27.9 Å². The van der Waals surface area contributed by atoms with E-state index in [0.29, 0.717) is 21.4 Å². The monoisotopic (exact) mass is 441 g/mol. The summed E-state index contributed by atoms with van der Waals surface area (Å²) in [5.41, 5.74) is 2.93. The van der Waals surface area contributed by atoms with Gasteiger partial charge in [0.05, 0.1) is 11.9 Å². The van der Waals surface area contributed by atoms with E-state index in [1.807, 2.05) is 24.3 Å². The minimum atomic E-state index is -0.502. The van der Waals surface area contributed by atoms with Gasteiger partial charge in [0.25, 0.3) is 0 Å². The maximum atomic E-state index is 12.3. The van der Waals surface area contributed by atoms with Crippen molar-refractivity contribution in [2.24, 2.45) is 0 Å². The number of ether oxygens (including phenoxy) is 1. The molecule has 1 saturated carbocycles. The molecule has 1 fully saturated rings. The number of hydrogen-bond donors (Lipinski definition) is 1. The maximum Gasteiger partial charge on any atom is 0.414 e. The number of halogens is 2. The van der Waals surface area contributed by atoms with E-state index in [1.54, 1.807) is 24.3 Å². The number of nitrogens with zero attached hydrogens (tertiary/aromatic N) is 2. The summed E-state index contributed by atoms with van der Waals surface area (Å²) in [7, 11) is 0. The Labute approximate surface area is 185 Å². The molecule has 1 aliphatic carbocycles. The summed E-state index contributed by atoms with van der Waals surface area (Å²) in [4.78, 5) is 21.4. The fraction of sp³-hybridized carbons (Fsp3) is 0.261. The first kappa shape index (κ1) is 20.6. The standard InChI is InChI=1S/C23H21Cl2N3O2/c24-17-10-6-15(7-11-17)21-22(16-8-12-18(25)13-9-16)28-20(14-26-21)30-23(29)27-19-4-2-1-3-5-19/h6-14,19H,1-5H2,(H,27,29). The maximum absolute atomic E-state index is 12.3. The van der Waals surface area contributed by atoms with Crippen molar-refractivity contribution < 1.29 is 9.53 Å². The number of carbonyl (C=O) groups excluding carboxylic acids is 1. The molecule has 1 N–H and O–H groups in total. The number of nitrogens with one attached hydrogen (secondary N) is 1. The average molecular weight is 442 g/mol. The molecule has 0 atom stereocenters. The van der Waals surface area contributed by atoms with Crippen LogP contribution in [0.4, 0.5) is 4.79 Å². The van der Waals surface area contributed by atoms with Gasteiger partial charge in [0.2, 0.25) is 5.88 Å². The van der Waals surface area contributed by atoms with Crippen LogP contribution in [0.25, 0.3) is 22.5 Å². The normalized spacial score (nSPS) is 14.3. The Kier molecular flexibility index (Phi) is 6.50. The molecule has 1 amide bonds. The van der Waals surface area contributed by atoms with E-state index in [1.165, 1.54) is 12.6 Å². The van der Waals surface area contributed by atoms with Gasteiger partial charge in [-0.1, -0.05) is 66.7 Å². The lowest BCUT2D eigenvalue weighted by Crippen LogP contribution is -2.38. The molecule has 4 rings (SSSR count). The summed E-state index contributed by atoms with van der Waals surface area (Å²) < 4.78 is 5.44. The van der Waals surface area contributed by atoms with Crippen LogP contribution in [-0.4, -0.2) is 22.1 Å². The van der Waals surface area contributed by atoms with Crippen molar-refractivity contribution in [2.45, 2.75) is 38.1 Å². The van der Waals surface area contributed by atoms with Crippen LogP contribution in [0.5, 0.6) is 5.88 Å². The van der Waals surface area contributed by atoms with E-state index >= 15 is 0 Å². The minimum Gasteiger partial charge on any atom is -0.390 e. The van der Waals surface area contributed by atoms with Gasteiger partial charge in [-0.2, -0.15) is 0 Å². The molecule has 7 heteroatoms. The van der Waals surface area contributed by atoms with Crippen molar-refractivity contribution >= 4 is 29.3 Å². The first-order valence-electron chi connectivity index (χ1n) is 9.96. The highest BCUT2D eigenvalue weighted by Gasteiger charge is 2.19. The number of hydrogen-bond acceptors (Lipinski definition) is 4. The average Bonchev–Trinajstić information content (AvgIpc) is 2.76. The van der Waals surface area contributed by atoms with Crippen LogP contribution >= 0.6 is 23.2 Å².